The zero-order chi connectivity index (χ0) is 20.3. The lowest BCUT2D eigenvalue weighted by Crippen LogP contribution is -2.48. The molecule has 0 aromatic carbocycles. The van der Waals surface area contributed by atoms with Crippen molar-refractivity contribution < 1.29 is 14.3 Å². The van der Waals surface area contributed by atoms with E-state index in [1.54, 1.807) is 4.90 Å². The second kappa shape index (κ2) is 8.49. The number of ether oxygens (including phenoxy) is 1. The van der Waals surface area contributed by atoms with Crippen LogP contribution in [0, 0.1) is 5.92 Å². The maximum Gasteiger partial charge on any atom is 0.409 e. The quantitative estimate of drug-likeness (QED) is 0.683. The molecule has 2 amide bonds. The highest BCUT2D eigenvalue weighted by Gasteiger charge is 2.31. The van der Waals surface area contributed by atoms with E-state index >= 15 is 0 Å². The average Bonchev–Trinajstić information content (AvgIpc) is 2.69. The number of nitrogens with one attached hydrogen (secondary N) is 2. The molecule has 2 aliphatic rings. The van der Waals surface area contributed by atoms with Crippen LogP contribution in [0.25, 0.3) is 0 Å². The summed E-state index contributed by atoms with van der Waals surface area (Å²) in [5.74, 6) is 0.0744. The van der Waals surface area contributed by atoms with Gasteiger partial charge in [0.1, 0.15) is 18.0 Å². The first-order valence-electron chi connectivity index (χ1n) is 9.71. The molecule has 1 unspecified atom stereocenters. The number of piperidine rings is 2. The molecule has 0 spiro atoms. The van der Waals surface area contributed by atoms with Gasteiger partial charge in [-0.15, -0.1) is 0 Å². The highest BCUT2D eigenvalue weighted by Crippen LogP contribution is 2.21. The van der Waals surface area contributed by atoms with E-state index in [0.29, 0.717) is 32.0 Å². The third-order valence-electron chi connectivity index (χ3n) is 5.52. The summed E-state index contributed by atoms with van der Waals surface area (Å²) < 4.78 is 5.47. The number of H-pyrrole nitrogens is 2. The summed E-state index contributed by atoms with van der Waals surface area (Å²) in [7, 11) is 0. The standard InChI is InChI=1S/C18H27N5O5/c1-11-5-8-22(9-6-11)18(27)28-10-12-4-2-3-7-23(12)16(25)14-13(19)15(24)21-17(26)20-14/h11-12H,2-10,19H2,1H3,(H2,20,21,24,26). The largest absolute Gasteiger partial charge is 0.447 e. The molecule has 2 aliphatic heterocycles. The topological polar surface area (TPSA) is 142 Å². The molecule has 1 aromatic heterocycles. The van der Waals surface area contributed by atoms with E-state index in [9.17, 15) is 19.2 Å². The van der Waals surface area contributed by atoms with Gasteiger partial charge in [-0.3, -0.25) is 14.6 Å². The van der Waals surface area contributed by atoms with Gasteiger partial charge in [0, 0.05) is 19.6 Å². The Bertz CT molecular complexity index is 840. The first-order valence-corrected chi connectivity index (χ1v) is 9.71. The van der Waals surface area contributed by atoms with Crippen molar-refractivity contribution in [3.8, 4) is 0 Å². The number of hydrogen-bond acceptors (Lipinski definition) is 6. The van der Waals surface area contributed by atoms with Crippen molar-refractivity contribution >= 4 is 17.7 Å². The number of nitrogen functional groups attached to an aromatic ring is 1. The van der Waals surface area contributed by atoms with Crippen molar-refractivity contribution in [2.45, 2.75) is 45.1 Å². The predicted octanol–water partition coefficient (Wildman–Crippen LogP) is 0.509. The summed E-state index contributed by atoms with van der Waals surface area (Å²) in [6.07, 6.45) is 3.90. The molecule has 28 heavy (non-hydrogen) atoms. The minimum Gasteiger partial charge on any atom is -0.447 e. The second-order valence-corrected chi connectivity index (χ2v) is 7.59. The fourth-order valence-electron chi connectivity index (χ4n) is 3.70. The zero-order valence-corrected chi connectivity index (χ0v) is 16.0. The van der Waals surface area contributed by atoms with E-state index < -0.39 is 17.2 Å². The number of amides is 2. The second-order valence-electron chi connectivity index (χ2n) is 7.59. The Labute approximate surface area is 162 Å². The number of rotatable bonds is 3. The molecule has 2 saturated heterocycles. The number of nitrogens with zero attached hydrogens (tertiary/aromatic N) is 2. The van der Waals surface area contributed by atoms with E-state index in [1.807, 2.05) is 4.98 Å². The van der Waals surface area contributed by atoms with Gasteiger partial charge in [-0.1, -0.05) is 6.92 Å². The molecule has 3 rings (SSSR count). The molecule has 154 valence electrons. The molecule has 4 N–H and O–H groups in total. The molecule has 3 heterocycles. The summed E-state index contributed by atoms with van der Waals surface area (Å²) >= 11 is 0. The Morgan fingerprint density at radius 3 is 2.54 bits per heavy atom. The average molecular weight is 393 g/mol. The van der Waals surface area contributed by atoms with Gasteiger partial charge in [-0.25, -0.2) is 9.59 Å². The molecule has 0 radical (unpaired) electrons. The zero-order valence-electron chi connectivity index (χ0n) is 16.0. The highest BCUT2D eigenvalue weighted by atomic mass is 16.6. The maximum absolute atomic E-state index is 12.9. The minimum atomic E-state index is -0.800. The lowest BCUT2D eigenvalue weighted by Gasteiger charge is -2.36. The molecule has 0 aliphatic carbocycles. The Balaban J connectivity index is 1.67. The first kappa shape index (κ1) is 20.0. The molecule has 0 bridgehead atoms. The smallest absolute Gasteiger partial charge is 0.409 e. The fraction of sp³-hybridized carbons (Fsp3) is 0.667. The van der Waals surface area contributed by atoms with Crippen LogP contribution in [0.15, 0.2) is 9.59 Å². The van der Waals surface area contributed by atoms with E-state index in [1.165, 1.54) is 4.90 Å². The van der Waals surface area contributed by atoms with Crippen molar-refractivity contribution in [2.24, 2.45) is 5.92 Å². The van der Waals surface area contributed by atoms with Crippen molar-refractivity contribution in [3.63, 3.8) is 0 Å². The Kier molecular flexibility index (Phi) is 6.05. The number of anilines is 1. The van der Waals surface area contributed by atoms with E-state index in [4.69, 9.17) is 10.5 Å². The molecule has 1 atom stereocenters. The van der Waals surface area contributed by atoms with Crippen LogP contribution in [0.5, 0.6) is 0 Å². The van der Waals surface area contributed by atoms with Gasteiger partial charge in [-0.2, -0.15) is 0 Å². The van der Waals surface area contributed by atoms with Crippen LogP contribution >= 0.6 is 0 Å². The van der Waals surface area contributed by atoms with Crippen LogP contribution in [-0.2, 0) is 4.74 Å². The number of carbonyl (C=O) groups excluding carboxylic acids is 2. The number of aromatic nitrogens is 2. The summed E-state index contributed by atoms with van der Waals surface area (Å²) in [5.41, 5.74) is 3.54. The summed E-state index contributed by atoms with van der Waals surface area (Å²) in [6.45, 7) is 4.04. The van der Waals surface area contributed by atoms with Gasteiger partial charge in [-0.05, 0) is 38.0 Å². The SMILES string of the molecule is CC1CCN(C(=O)OCC2CCCCN2C(=O)c2[nH]c(=O)[nH]c(=O)c2N)CC1. The normalized spacial score (nSPS) is 20.8. The van der Waals surface area contributed by atoms with E-state index in [-0.39, 0.29) is 30.1 Å². The maximum atomic E-state index is 12.9. The van der Waals surface area contributed by atoms with Gasteiger partial charge in [0.05, 0.1) is 6.04 Å². The summed E-state index contributed by atoms with van der Waals surface area (Å²) in [5, 5.41) is 0. The lowest BCUT2D eigenvalue weighted by molar-refractivity contribution is 0.0347. The lowest BCUT2D eigenvalue weighted by atomic mass is 10.00. The van der Waals surface area contributed by atoms with Gasteiger partial charge in [0.15, 0.2) is 0 Å². The number of hydrogen-bond donors (Lipinski definition) is 3. The Morgan fingerprint density at radius 2 is 1.82 bits per heavy atom. The molecule has 1 aromatic rings. The molecule has 10 nitrogen and oxygen atoms in total. The molecular formula is C18H27N5O5. The van der Waals surface area contributed by atoms with Crippen molar-refractivity contribution in [2.75, 3.05) is 32.0 Å². The third kappa shape index (κ3) is 4.37. The van der Waals surface area contributed by atoms with Gasteiger partial charge < -0.3 is 25.3 Å². The van der Waals surface area contributed by atoms with E-state index in [0.717, 1.165) is 25.7 Å². The van der Waals surface area contributed by atoms with Crippen LogP contribution in [0.4, 0.5) is 10.5 Å². The molecule has 2 fully saturated rings. The summed E-state index contributed by atoms with van der Waals surface area (Å²) in [6, 6.07) is -0.323. The Hall–Kier alpha value is -2.78. The minimum absolute atomic E-state index is 0.0734. The predicted molar refractivity (Wildman–Crippen MR) is 102 cm³/mol. The third-order valence-corrected chi connectivity index (χ3v) is 5.52. The molecule has 10 heteroatoms. The fourth-order valence-corrected chi connectivity index (χ4v) is 3.70. The van der Waals surface area contributed by atoms with E-state index in [2.05, 4.69) is 11.9 Å². The molecule has 0 saturated carbocycles. The van der Waals surface area contributed by atoms with Crippen LogP contribution in [0.3, 0.4) is 0 Å². The van der Waals surface area contributed by atoms with Crippen molar-refractivity contribution in [1.29, 1.82) is 0 Å². The number of carbonyl (C=O) groups is 2. The van der Waals surface area contributed by atoms with Crippen LogP contribution in [0.1, 0.15) is 49.5 Å². The highest BCUT2D eigenvalue weighted by molar-refractivity contribution is 5.97. The van der Waals surface area contributed by atoms with Gasteiger partial charge >= 0.3 is 11.8 Å². The van der Waals surface area contributed by atoms with Crippen molar-refractivity contribution in [1.82, 2.24) is 19.8 Å². The van der Waals surface area contributed by atoms with Crippen LogP contribution in [0.2, 0.25) is 0 Å². The van der Waals surface area contributed by atoms with Crippen LogP contribution in [-0.4, -0.2) is 64.1 Å². The molecular weight excluding hydrogens is 366 g/mol. The first-order chi connectivity index (χ1) is 13.4. The summed E-state index contributed by atoms with van der Waals surface area (Å²) in [4.78, 5) is 56.0. The number of aromatic amines is 2. The van der Waals surface area contributed by atoms with Crippen LogP contribution < -0.4 is 17.0 Å². The van der Waals surface area contributed by atoms with Crippen molar-refractivity contribution in [3.05, 3.63) is 26.5 Å². The number of nitrogens with two attached hydrogens (primary N) is 1. The number of likely N-dealkylation sites (tertiary alicyclic amines) is 2. The Morgan fingerprint density at radius 1 is 1.11 bits per heavy atom. The van der Waals surface area contributed by atoms with Gasteiger partial charge in [0.25, 0.3) is 11.5 Å². The van der Waals surface area contributed by atoms with Gasteiger partial charge in [0.2, 0.25) is 0 Å². The monoisotopic (exact) mass is 393 g/mol.